The first kappa shape index (κ1) is 16.7. The second-order valence-electron chi connectivity index (χ2n) is 5.78. The van der Waals surface area contributed by atoms with Crippen LogP contribution in [0.4, 0.5) is 4.79 Å². The SMILES string of the molecule is O=C(NCCOC1CCCCCC1)NCCc1cccnc1. The van der Waals surface area contributed by atoms with Gasteiger partial charge in [-0.1, -0.05) is 31.7 Å². The highest BCUT2D eigenvalue weighted by molar-refractivity contribution is 5.73. The molecule has 5 heteroatoms. The van der Waals surface area contributed by atoms with Gasteiger partial charge in [0.05, 0.1) is 12.7 Å². The minimum absolute atomic E-state index is 0.131. The van der Waals surface area contributed by atoms with Crippen molar-refractivity contribution in [1.82, 2.24) is 15.6 Å². The van der Waals surface area contributed by atoms with Crippen LogP contribution in [0.15, 0.2) is 24.5 Å². The molecule has 1 aliphatic rings. The van der Waals surface area contributed by atoms with E-state index in [-0.39, 0.29) is 6.03 Å². The zero-order valence-electron chi connectivity index (χ0n) is 13.2. The van der Waals surface area contributed by atoms with Crippen molar-refractivity contribution in [3.8, 4) is 0 Å². The molecule has 0 bridgehead atoms. The van der Waals surface area contributed by atoms with Crippen LogP contribution in [0.3, 0.4) is 0 Å². The maximum Gasteiger partial charge on any atom is 0.314 e. The average Bonchev–Trinajstić information content (AvgIpc) is 2.81. The molecule has 1 aromatic rings. The van der Waals surface area contributed by atoms with Gasteiger partial charge in [-0.2, -0.15) is 0 Å². The van der Waals surface area contributed by atoms with Crippen LogP contribution in [0.25, 0.3) is 0 Å². The Kier molecular flexibility index (Phi) is 7.74. The summed E-state index contributed by atoms with van der Waals surface area (Å²) in [7, 11) is 0. The Morgan fingerprint density at radius 3 is 2.68 bits per heavy atom. The van der Waals surface area contributed by atoms with Crippen LogP contribution in [0.2, 0.25) is 0 Å². The van der Waals surface area contributed by atoms with E-state index in [1.807, 2.05) is 18.3 Å². The van der Waals surface area contributed by atoms with Gasteiger partial charge in [0.1, 0.15) is 0 Å². The Morgan fingerprint density at radius 1 is 1.18 bits per heavy atom. The Bertz CT molecular complexity index is 417. The van der Waals surface area contributed by atoms with E-state index in [9.17, 15) is 4.79 Å². The Morgan fingerprint density at radius 2 is 1.95 bits per heavy atom. The second kappa shape index (κ2) is 10.2. The quantitative estimate of drug-likeness (QED) is 0.601. The molecule has 0 unspecified atom stereocenters. The van der Waals surface area contributed by atoms with Crippen LogP contribution in [-0.2, 0) is 11.2 Å². The van der Waals surface area contributed by atoms with Crippen LogP contribution >= 0.6 is 0 Å². The van der Waals surface area contributed by atoms with Gasteiger partial charge < -0.3 is 15.4 Å². The molecule has 0 radical (unpaired) electrons. The summed E-state index contributed by atoms with van der Waals surface area (Å²) in [4.78, 5) is 15.7. The Labute approximate surface area is 132 Å². The first-order valence-corrected chi connectivity index (χ1v) is 8.37. The van der Waals surface area contributed by atoms with Crippen LogP contribution in [0.1, 0.15) is 44.1 Å². The fourth-order valence-corrected chi connectivity index (χ4v) is 2.73. The third-order valence-electron chi connectivity index (χ3n) is 3.97. The van der Waals surface area contributed by atoms with E-state index in [1.165, 1.54) is 25.7 Å². The summed E-state index contributed by atoms with van der Waals surface area (Å²) < 4.78 is 5.84. The molecule has 1 saturated carbocycles. The summed E-state index contributed by atoms with van der Waals surface area (Å²) >= 11 is 0. The standard InChI is InChI=1S/C17H27N3O2/c21-17(19-11-9-15-6-5-10-18-14-15)20-12-13-22-16-7-3-1-2-4-8-16/h5-6,10,14,16H,1-4,7-9,11-13H2,(H2,19,20,21). The molecule has 1 aliphatic carbocycles. The maximum absolute atomic E-state index is 11.6. The van der Waals surface area contributed by atoms with Crippen LogP contribution in [0.5, 0.6) is 0 Å². The number of hydrogen-bond donors (Lipinski definition) is 2. The number of amides is 2. The lowest BCUT2D eigenvalue weighted by atomic mass is 10.1. The highest BCUT2D eigenvalue weighted by Gasteiger charge is 2.12. The van der Waals surface area contributed by atoms with Gasteiger partial charge in [-0.25, -0.2) is 4.79 Å². The number of urea groups is 1. The summed E-state index contributed by atoms with van der Waals surface area (Å²) in [5, 5.41) is 5.68. The molecule has 1 heterocycles. The van der Waals surface area contributed by atoms with Gasteiger partial charge in [0.15, 0.2) is 0 Å². The van der Waals surface area contributed by atoms with Gasteiger partial charge in [-0.05, 0) is 30.9 Å². The van der Waals surface area contributed by atoms with Gasteiger partial charge in [-0.3, -0.25) is 4.98 Å². The lowest BCUT2D eigenvalue weighted by Crippen LogP contribution is -2.38. The van der Waals surface area contributed by atoms with E-state index in [0.717, 1.165) is 24.8 Å². The molecule has 1 aromatic heterocycles. The van der Waals surface area contributed by atoms with Gasteiger partial charge in [0, 0.05) is 25.5 Å². The number of nitrogens with zero attached hydrogens (tertiary/aromatic N) is 1. The zero-order valence-corrected chi connectivity index (χ0v) is 13.2. The molecular weight excluding hydrogens is 278 g/mol. The molecule has 2 amide bonds. The number of rotatable bonds is 7. The number of pyridine rings is 1. The molecule has 2 N–H and O–H groups in total. The second-order valence-corrected chi connectivity index (χ2v) is 5.78. The molecule has 0 spiro atoms. The van der Waals surface area contributed by atoms with Gasteiger partial charge >= 0.3 is 6.03 Å². The largest absolute Gasteiger partial charge is 0.376 e. The van der Waals surface area contributed by atoms with E-state index < -0.39 is 0 Å². The lowest BCUT2D eigenvalue weighted by Gasteiger charge is -2.15. The molecule has 0 atom stereocenters. The average molecular weight is 305 g/mol. The molecule has 0 aliphatic heterocycles. The fraction of sp³-hybridized carbons (Fsp3) is 0.647. The topological polar surface area (TPSA) is 63.2 Å². The number of hydrogen-bond acceptors (Lipinski definition) is 3. The molecule has 22 heavy (non-hydrogen) atoms. The molecule has 0 aromatic carbocycles. The van der Waals surface area contributed by atoms with Gasteiger partial charge in [-0.15, -0.1) is 0 Å². The van der Waals surface area contributed by atoms with Crippen LogP contribution in [0, 0.1) is 0 Å². The predicted molar refractivity (Wildman–Crippen MR) is 86.8 cm³/mol. The maximum atomic E-state index is 11.6. The molecule has 5 nitrogen and oxygen atoms in total. The summed E-state index contributed by atoms with van der Waals surface area (Å²) in [5.74, 6) is 0. The van der Waals surface area contributed by atoms with E-state index in [1.54, 1.807) is 6.20 Å². The number of carbonyl (C=O) groups excluding carboxylic acids is 1. The van der Waals surface area contributed by atoms with Crippen LogP contribution in [-0.4, -0.2) is 36.8 Å². The third-order valence-corrected chi connectivity index (χ3v) is 3.97. The summed E-state index contributed by atoms with van der Waals surface area (Å²) in [6.45, 7) is 1.77. The van der Waals surface area contributed by atoms with Crippen molar-refractivity contribution in [2.45, 2.75) is 51.0 Å². The zero-order chi connectivity index (χ0) is 15.5. The van der Waals surface area contributed by atoms with Crippen molar-refractivity contribution in [2.24, 2.45) is 0 Å². The van der Waals surface area contributed by atoms with Crippen molar-refractivity contribution in [2.75, 3.05) is 19.7 Å². The van der Waals surface area contributed by atoms with E-state index in [4.69, 9.17) is 4.74 Å². The first-order chi connectivity index (χ1) is 10.8. The number of nitrogens with one attached hydrogen (secondary N) is 2. The highest BCUT2D eigenvalue weighted by atomic mass is 16.5. The Balaban J connectivity index is 1.48. The minimum Gasteiger partial charge on any atom is -0.376 e. The summed E-state index contributed by atoms with van der Waals surface area (Å²) in [5.41, 5.74) is 1.12. The van der Waals surface area contributed by atoms with Gasteiger partial charge in [0.2, 0.25) is 0 Å². The number of ether oxygens (including phenoxy) is 1. The molecule has 0 saturated heterocycles. The van der Waals surface area contributed by atoms with Crippen molar-refractivity contribution in [3.63, 3.8) is 0 Å². The van der Waals surface area contributed by atoms with Gasteiger partial charge in [0.25, 0.3) is 0 Å². The lowest BCUT2D eigenvalue weighted by molar-refractivity contribution is 0.0460. The van der Waals surface area contributed by atoms with Crippen LogP contribution < -0.4 is 10.6 Å². The van der Waals surface area contributed by atoms with Crippen molar-refractivity contribution >= 4 is 6.03 Å². The molecular formula is C17H27N3O2. The molecule has 1 fully saturated rings. The number of aromatic nitrogens is 1. The highest BCUT2D eigenvalue weighted by Crippen LogP contribution is 2.19. The van der Waals surface area contributed by atoms with E-state index in [0.29, 0.717) is 25.8 Å². The third kappa shape index (κ3) is 6.89. The van der Waals surface area contributed by atoms with Crippen molar-refractivity contribution in [3.05, 3.63) is 30.1 Å². The monoisotopic (exact) mass is 305 g/mol. The minimum atomic E-state index is -0.131. The van der Waals surface area contributed by atoms with E-state index in [2.05, 4.69) is 15.6 Å². The fourth-order valence-electron chi connectivity index (χ4n) is 2.73. The first-order valence-electron chi connectivity index (χ1n) is 8.37. The molecule has 122 valence electrons. The normalized spacial score (nSPS) is 16.0. The van der Waals surface area contributed by atoms with Crippen molar-refractivity contribution in [1.29, 1.82) is 0 Å². The number of carbonyl (C=O) groups is 1. The molecule has 2 rings (SSSR count). The van der Waals surface area contributed by atoms with Crippen molar-refractivity contribution < 1.29 is 9.53 Å². The summed E-state index contributed by atoms with van der Waals surface area (Å²) in [6.07, 6.45) is 12.3. The van der Waals surface area contributed by atoms with E-state index >= 15 is 0 Å². The Hall–Kier alpha value is -1.62. The summed E-state index contributed by atoms with van der Waals surface area (Å²) in [6, 6.07) is 3.78. The smallest absolute Gasteiger partial charge is 0.314 e. The predicted octanol–water partition coefficient (Wildman–Crippen LogP) is 2.66.